The molecule has 0 bridgehead atoms. The molecule has 0 spiro atoms. The van der Waals surface area contributed by atoms with Crippen molar-refractivity contribution in [3.63, 3.8) is 0 Å². The fourth-order valence-corrected chi connectivity index (χ4v) is 2.33. The summed E-state index contributed by atoms with van der Waals surface area (Å²) in [4.78, 5) is 35.7. The van der Waals surface area contributed by atoms with E-state index in [4.69, 9.17) is 11.5 Å². The molecule has 7 nitrogen and oxygen atoms in total. The fourth-order valence-electron chi connectivity index (χ4n) is 2.33. The summed E-state index contributed by atoms with van der Waals surface area (Å²) in [6.07, 6.45) is 3.08. The van der Waals surface area contributed by atoms with E-state index in [0.717, 1.165) is 18.4 Å². The van der Waals surface area contributed by atoms with Crippen molar-refractivity contribution >= 4 is 18.1 Å². The van der Waals surface area contributed by atoms with Gasteiger partial charge in [0.1, 0.15) is 12.3 Å². The number of hydrogen-bond acceptors (Lipinski definition) is 5. The smallest absolute Gasteiger partial charge is 0.243 e. The summed E-state index contributed by atoms with van der Waals surface area (Å²) in [6.45, 7) is 2.09. The molecule has 1 rings (SSSR count). The van der Waals surface area contributed by atoms with Crippen LogP contribution >= 0.6 is 0 Å². The average Bonchev–Trinajstić information content (AvgIpc) is 2.61. The van der Waals surface area contributed by atoms with Crippen LogP contribution in [0.15, 0.2) is 30.3 Å². The second-order valence-electron chi connectivity index (χ2n) is 6.08. The van der Waals surface area contributed by atoms with Gasteiger partial charge in [-0.1, -0.05) is 30.3 Å². The summed E-state index contributed by atoms with van der Waals surface area (Å²) in [5.74, 6) is -0.815. The number of unbranched alkanes of at least 4 members (excludes halogenated alkanes) is 1. The van der Waals surface area contributed by atoms with E-state index in [2.05, 4.69) is 10.6 Å². The molecule has 25 heavy (non-hydrogen) atoms. The standard InChI is InChI=1S/C18H28N4O3/c1-13(20)17(24)22-16(11-14-7-3-2-4-8-14)18(25)21-15(12-23)9-5-6-10-19/h2-4,7-8,12-13,15-16H,5-6,9-11,19-20H2,1H3,(H,21,25)(H,22,24)/t13-,15-,16-/m0/s1. The highest BCUT2D eigenvalue weighted by Crippen LogP contribution is 2.05. The van der Waals surface area contributed by atoms with Gasteiger partial charge in [0.2, 0.25) is 11.8 Å². The second kappa shape index (κ2) is 11.3. The number of amides is 2. The van der Waals surface area contributed by atoms with Gasteiger partial charge in [0.25, 0.3) is 0 Å². The Morgan fingerprint density at radius 2 is 1.80 bits per heavy atom. The monoisotopic (exact) mass is 348 g/mol. The lowest BCUT2D eigenvalue weighted by molar-refractivity contribution is -0.130. The molecule has 0 fully saturated rings. The van der Waals surface area contributed by atoms with E-state index in [9.17, 15) is 14.4 Å². The van der Waals surface area contributed by atoms with Crippen LogP contribution in [0.25, 0.3) is 0 Å². The Morgan fingerprint density at radius 3 is 2.36 bits per heavy atom. The van der Waals surface area contributed by atoms with Crippen LogP contribution in [0.4, 0.5) is 0 Å². The number of benzene rings is 1. The van der Waals surface area contributed by atoms with Gasteiger partial charge in [0, 0.05) is 6.42 Å². The first-order valence-electron chi connectivity index (χ1n) is 8.53. The highest BCUT2D eigenvalue weighted by atomic mass is 16.2. The highest BCUT2D eigenvalue weighted by Gasteiger charge is 2.24. The van der Waals surface area contributed by atoms with Crippen molar-refractivity contribution in [1.29, 1.82) is 0 Å². The second-order valence-corrected chi connectivity index (χ2v) is 6.08. The molecule has 0 heterocycles. The Bertz CT molecular complexity index is 549. The van der Waals surface area contributed by atoms with Crippen LogP contribution in [0.2, 0.25) is 0 Å². The van der Waals surface area contributed by atoms with Crippen molar-refractivity contribution in [3.8, 4) is 0 Å². The molecule has 138 valence electrons. The van der Waals surface area contributed by atoms with Gasteiger partial charge in [-0.15, -0.1) is 0 Å². The van der Waals surface area contributed by atoms with E-state index in [1.165, 1.54) is 0 Å². The first-order valence-corrected chi connectivity index (χ1v) is 8.53. The largest absolute Gasteiger partial charge is 0.345 e. The minimum absolute atomic E-state index is 0.319. The molecule has 0 aliphatic rings. The normalized spacial score (nSPS) is 14.2. The predicted octanol–water partition coefficient (Wildman–Crippen LogP) is -0.126. The maximum absolute atomic E-state index is 12.6. The van der Waals surface area contributed by atoms with E-state index in [1.54, 1.807) is 6.92 Å². The van der Waals surface area contributed by atoms with Crippen LogP contribution in [0.5, 0.6) is 0 Å². The minimum Gasteiger partial charge on any atom is -0.345 e. The summed E-state index contributed by atoms with van der Waals surface area (Å²) < 4.78 is 0. The van der Waals surface area contributed by atoms with Gasteiger partial charge in [-0.25, -0.2) is 0 Å². The van der Waals surface area contributed by atoms with Gasteiger partial charge >= 0.3 is 0 Å². The maximum atomic E-state index is 12.6. The topological polar surface area (TPSA) is 127 Å². The number of hydrogen-bond donors (Lipinski definition) is 4. The molecule has 0 radical (unpaired) electrons. The van der Waals surface area contributed by atoms with Gasteiger partial charge in [-0.05, 0) is 38.3 Å². The molecule has 0 aromatic heterocycles. The number of carbonyl (C=O) groups excluding carboxylic acids is 3. The van der Waals surface area contributed by atoms with Gasteiger partial charge < -0.3 is 26.9 Å². The Labute approximate surface area is 148 Å². The van der Waals surface area contributed by atoms with Crippen molar-refractivity contribution in [2.24, 2.45) is 11.5 Å². The van der Waals surface area contributed by atoms with Gasteiger partial charge in [-0.3, -0.25) is 9.59 Å². The Balaban J connectivity index is 2.76. The lowest BCUT2D eigenvalue weighted by atomic mass is 10.0. The van der Waals surface area contributed by atoms with Crippen LogP contribution in [-0.4, -0.2) is 42.8 Å². The van der Waals surface area contributed by atoms with Crippen molar-refractivity contribution in [3.05, 3.63) is 35.9 Å². The number of nitrogens with one attached hydrogen (secondary N) is 2. The number of nitrogens with two attached hydrogens (primary N) is 2. The third-order valence-electron chi connectivity index (χ3n) is 3.79. The van der Waals surface area contributed by atoms with E-state index >= 15 is 0 Å². The highest BCUT2D eigenvalue weighted by molar-refractivity contribution is 5.90. The Morgan fingerprint density at radius 1 is 1.12 bits per heavy atom. The van der Waals surface area contributed by atoms with E-state index in [-0.39, 0.29) is 0 Å². The summed E-state index contributed by atoms with van der Waals surface area (Å²) >= 11 is 0. The van der Waals surface area contributed by atoms with Gasteiger partial charge in [-0.2, -0.15) is 0 Å². The molecule has 6 N–H and O–H groups in total. The summed E-state index contributed by atoms with van der Waals surface area (Å²) in [5, 5.41) is 5.34. The molecule has 0 aliphatic carbocycles. The molecule has 0 unspecified atom stereocenters. The molecule has 0 aliphatic heterocycles. The van der Waals surface area contributed by atoms with Gasteiger partial charge in [0.15, 0.2) is 0 Å². The molecule has 3 atom stereocenters. The predicted molar refractivity (Wildman–Crippen MR) is 96.6 cm³/mol. The molecule has 0 saturated heterocycles. The van der Waals surface area contributed by atoms with Crippen LogP contribution < -0.4 is 22.1 Å². The van der Waals surface area contributed by atoms with Crippen LogP contribution in [-0.2, 0) is 20.8 Å². The van der Waals surface area contributed by atoms with Crippen molar-refractivity contribution in [2.75, 3.05) is 6.54 Å². The van der Waals surface area contributed by atoms with Crippen molar-refractivity contribution in [2.45, 2.75) is 50.7 Å². The average molecular weight is 348 g/mol. The molecule has 0 saturated carbocycles. The molecule has 2 amide bonds. The number of rotatable bonds is 11. The summed E-state index contributed by atoms with van der Waals surface area (Å²) in [6, 6.07) is 7.23. The molecular weight excluding hydrogens is 320 g/mol. The molecule has 1 aromatic carbocycles. The third-order valence-corrected chi connectivity index (χ3v) is 3.79. The Kier molecular flexibility index (Phi) is 9.42. The zero-order chi connectivity index (χ0) is 18.7. The third kappa shape index (κ3) is 7.91. The SMILES string of the molecule is C[C@H](N)C(=O)N[C@@H](Cc1ccccc1)C(=O)N[C@H](C=O)CCCCN. The van der Waals surface area contributed by atoms with Crippen LogP contribution in [0.3, 0.4) is 0 Å². The van der Waals surface area contributed by atoms with E-state index in [0.29, 0.717) is 25.7 Å². The number of carbonyl (C=O) groups is 3. The first kappa shape index (κ1) is 20.8. The van der Waals surface area contributed by atoms with Crippen molar-refractivity contribution in [1.82, 2.24) is 10.6 Å². The minimum atomic E-state index is -0.794. The van der Waals surface area contributed by atoms with Crippen LogP contribution in [0.1, 0.15) is 31.7 Å². The maximum Gasteiger partial charge on any atom is 0.243 e. The zero-order valence-electron chi connectivity index (χ0n) is 14.6. The first-order chi connectivity index (χ1) is 12.0. The van der Waals surface area contributed by atoms with E-state index in [1.807, 2.05) is 30.3 Å². The number of aldehydes is 1. The quantitative estimate of drug-likeness (QED) is 0.327. The Hall–Kier alpha value is -2.25. The molecule has 7 heteroatoms. The summed E-state index contributed by atoms with van der Waals surface area (Å²) in [5.41, 5.74) is 11.9. The van der Waals surface area contributed by atoms with Crippen molar-refractivity contribution < 1.29 is 14.4 Å². The summed E-state index contributed by atoms with van der Waals surface area (Å²) in [7, 11) is 0. The molecular formula is C18H28N4O3. The lowest BCUT2D eigenvalue weighted by Gasteiger charge is -2.22. The zero-order valence-corrected chi connectivity index (χ0v) is 14.6. The molecule has 1 aromatic rings. The van der Waals surface area contributed by atoms with Gasteiger partial charge in [0.05, 0.1) is 12.1 Å². The van der Waals surface area contributed by atoms with Crippen LogP contribution in [0, 0.1) is 0 Å². The fraction of sp³-hybridized carbons (Fsp3) is 0.500. The van der Waals surface area contributed by atoms with E-state index < -0.39 is 29.9 Å². The lowest BCUT2D eigenvalue weighted by Crippen LogP contribution is -2.53.